The number of nitrogens with zero attached hydrogens (tertiary/aromatic N) is 5. The second-order valence-corrected chi connectivity index (χ2v) is 5.56. The van der Waals surface area contributed by atoms with E-state index < -0.39 is 0 Å². The molecule has 4 rings (SSSR count). The van der Waals surface area contributed by atoms with Gasteiger partial charge in [0.1, 0.15) is 5.65 Å². The molecule has 23 heavy (non-hydrogen) atoms. The maximum Gasteiger partial charge on any atom is 0.224 e. The lowest BCUT2D eigenvalue weighted by atomic mass is 10.2. The van der Waals surface area contributed by atoms with Crippen molar-refractivity contribution in [3.05, 3.63) is 36.9 Å². The Labute approximate surface area is 132 Å². The molecule has 0 fully saturated rings. The second-order valence-electron chi connectivity index (χ2n) is 5.56. The van der Waals surface area contributed by atoms with Crippen molar-refractivity contribution in [3.8, 4) is 11.3 Å². The molecule has 0 spiro atoms. The van der Waals surface area contributed by atoms with Gasteiger partial charge in [0.05, 0.1) is 11.9 Å². The first-order chi connectivity index (χ1) is 11.2. The first kappa shape index (κ1) is 13.7. The molecule has 0 aliphatic carbocycles. The van der Waals surface area contributed by atoms with Gasteiger partial charge in [0.25, 0.3) is 0 Å². The lowest BCUT2D eigenvalue weighted by molar-refractivity contribution is 0.754. The van der Waals surface area contributed by atoms with Gasteiger partial charge in [-0.3, -0.25) is 0 Å². The first-order valence-electron chi connectivity index (χ1n) is 7.66. The molecule has 7 nitrogen and oxygen atoms in total. The molecule has 116 valence electrons. The maximum absolute atomic E-state index is 4.62. The van der Waals surface area contributed by atoms with E-state index in [9.17, 15) is 0 Å². The lowest BCUT2D eigenvalue weighted by Crippen LogP contribution is -2.15. The Kier molecular flexibility index (Phi) is 3.18. The molecule has 4 aromatic heterocycles. The molecule has 4 heterocycles. The fraction of sp³-hybridized carbons (Fsp3) is 0.250. The average molecular weight is 307 g/mol. The van der Waals surface area contributed by atoms with Gasteiger partial charge in [0.2, 0.25) is 5.95 Å². The Morgan fingerprint density at radius 1 is 1.30 bits per heavy atom. The summed E-state index contributed by atoms with van der Waals surface area (Å²) >= 11 is 0. The van der Waals surface area contributed by atoms with E-state index in [4.69, 9.17) is 0 Å². The molecule has 0 radical (unpaired) electrons. The summed E-state index contributed by atoms with van der Waals surface area (Å²) in [6.45, 7) is 4.24. The largest absolute Gasteiger partial charge is 0.352 e. The van der Waals surface area contributed by atoms with E-state index in [1.54, 1.807) is 10.7 Å². The molecule has 0 saturated heterocycles. The van der Waals surface area contributed by atoms with Gasteiger partial charge >= 0.3 is 0 Å². The molecule has 0 saturated carbocycles. The highest BCUT2D eigenvalue weighted by Crippen LogP contribution is 2.26. The third-order valence-electron chi connectivity index (χ3n) is 3.95. The van der Waals surface area contributed by atoms with Gasteiger partial charge < -0.3 is 10.3 Å². The van der Waals surface area contributed by atoms with Crippen LogP contribution < -0.4 is 5.32 Å². The highest BCUT2D eigenvalue weighted by molar-refractivity contribution is 5.92. The number of anilines is 1. The van der Waals surface area contributed by atoms with Gasteiger partial charge in [-0.1, -0.05) is 6.92 Å². The minimum absolute atomic E-state index is 0.341. The van der Waals surface area contributed by atoms with E-state index in [2.05, 4.69) is 44.2 Å². The predicted molar refractivity (Wildman–Crippen MR) is 89.2 cm³/mol. The van der Waals surface area contributed by atoms with E-state index in [0.29, 0.717) is 12.0 Å². The van der Waals surface area contributed by atoms with Gasteiger partial charge in [0, 0.05) is 41.6 Å². The van der Waals surface area contributed by atoms with Crippen molar-refractivity contribution in [1.82, 2.24) is 29.5 Å². The maximum atomic E-state index is 4.62. The van der Waals surface area contributed by atoms with Gasteiger partial charge in [0.15, 0.2) is 5.65 Å². The van der Waals surface area contributed by atoms with E-state index in [0.717, 1.165) is 34.4 Å². The number of rotatable bonds is 4. The van der Waals surface area contributed by atoms with Crippen LogP contribution in [0.2, 0.25) is 0 Å². The molecule has 0 bridgehead atoms. The Morgan fingerprint density at radius 2 is 2.22 bits per heavy atom. The number of aromatic nitrogens is 6. The van der Waals surface area contributed by atoms with Gasteiger partial charge in [-0.25, -0.2) is 14.5 Å². The predicted octanol–water partition coefficient (Wildman–Crippen LogP) is 2.88. The van der Waals surface area contributed by atoms with Gasteiger partial charge in [-0.2, -0.15) is 10.1 Å². The van der Waals surface area contributed by atoms with Crippen LogP contribution in [0.3, 0.4) is 0 Å². The van der Waals surface area contributed by atoms with Crippen LogP contribution in [-0.2, 0) is 0 Å². The van der Waals surface area contributed by atoms with Gasteiger partial charge in [-0.15, -0.1) is 0 Å². The summed E-state index contributed by atoms with van der Waals surface area (Å²) in [4.78, 5) is 16.8. The highest BCUT2D eigenvalue weighted by atomic mass is 15.2. The molecule has 2 N–H and O–H groups in total. The number of hydrogen-bond acceptors (Lipinski definition) is 5. The number of hydrogen-bond donors (Lipinski definition) is 2. The minimum Gasteiger partial charge on any atom is -0.352 e. The number of aromatic amines is 1. The zero-order valence-electron chi connectivity index (χ0n) is 13.0. The summed E-state index contributed by atoms with van der Waals surface area (Å²) in [5, 5.41) is 8.40. The zero-order valence-corrected chi connectivity index (χ0v) is 13.0. The third-order valence-corrected chi connectivity index (χ3v) is 3.95. The van der Waals surface area contributed by atoms with Crippen molar-refractivity contribution in [3.63, 3.8) is 0 Å². The lowest BCUT2D eigenvalue weighted by Gasteiger charge is -2.10. The van der Waals surface area contributed by atoms with Crippen LogP contribution in [0, 0.1) is 0 Å². The molecule has 0 aliphatic heterocycles. The summed E-state index contributed by atoms with van der Waals surface area (Å²) in [6, 6.07) is 4.16. The number of H-pyrrole nitrogens is 1. The molecular weight excluding hydrogens is 290 g/mol. The zero-order chi connectivity index (χ0) is 15.8. The van der Waals surface area contributed by atoms with Crippen molar-refractivity contribution in [2.75, 3.05) is 5.32 Å². The van der Waals surface area contributed by atoms with Crippen LogP contribution in [0.15, 0.2) is 36.9 Å². The Hall–Kier alpha value is -2.96. The summed E-state index contributed by atoms with van der Waals surface area (Å²) in [5.74, 6) is 0.638. The standard InChI is InChI=1S/C16H17N7/c1-3-10(2)20-16-18-9-12-11(8-17-15(12)22-16)13-5-7-23-14(21-13)4-6-19-23/h4-10H,3H2,1-2H3,(H2,17,18,20,22)/t10-/m0/s1. The van der Waals surface area contributed by atoms with Crippen molar-refractivity contribution in [2.24, 2.45) is 0 Å². The number of fused-ring (bicyclic) bond motifs is 2. The van der Waals surface area contributed by atoms with Crippen molar-refractivity contribution in [1.29, 1.82) is 0 Å². The summed E-state index contributed by atoms with van der Waals surface area (Å²) in [5.41, 5.74) is 3.47. The smallest absolute Gasteiger partial charge is 0.224 e. The Morgan fingerprint density at radius 3 is 3.09 bits per heavy atom. The molecule has 7 heteroatoms. The molecule has 0 aliphatic rings. The molecule has 1 atom stereocenters. The fourth-order valence-electron chi connectivity index (χ4n) is 2.47. The topological polar surface area (TPSA) is 83.8 Å². The molecule has 0 unspecified atom stereocenters. The van der Waals surface area contributed by atoms with Crippen LogP contribution in [0.25, 0.3) is 27.9 Å². The average Bonchev–Trinajstić information content (AvgIpc) is 3.19. The van der Waals surface area contributed by atoms with Crippen LogP contribution in [0.4, 0.5) is 5.95 Å². The molecule has 0 aromatic carbocycles. The molecule has 4 aromatic rings. The van der Waals surface area contributed by atoms with E-state index in [1.165, 1.54) is 0 Å². The Bertz CT molecular complexity index is 969. The van der Waals surface area contributed by atoms with Crippen molar-refractivity contribution >= 4 is 22.6 Å². The fourth-order valence-corrected chi connectivity index (χ4v) is 2.47. The molecule has 0 amide bonds. The summed E-state index contributed by atoms with van der Waals surface area (Å²) < 4.78 is 1.74. The highest BCUT2D eigenvalue weighted by Gasteiger charge is 2.11. The van der Waals surface area contributed by atoms with Crippen molar-refractivity contribution in [2.45, 2.75) is 26.3 Å². The van der Waals surface area contributed by atoms with Crippen LogP contribution >= 0.6 is 0 Å². The summed E-state index contributed by atoms with van der Waals surface area (Å²) in [7, 11) is 0. The monoisotopic (exact) mass is 307 g/mol. The van der Waals surface area contributed by atoms with E-state index in [-0.39, 0.29) is 0 Å². The van der Waals surface area contributed by atoms with E-state index in [1.807, 2.05) is 30.7 Å². The Balaban J connectivity index is 1.75. The van der Waals surface area contributed by atoms with Crippen LogP contribution in [0.1, 0.15) is 20.3 Å². The SMILES string of the molecule is CC[C@H](C)Nc1ncc2c(-c3ccn4nccc4n3)c[nH]c2n1. The van der Waals surface area contributed by atoms with Crippen LogP contribution in [0.5, 0.6) is 0 Å². The van der Waals surface area contributed by atoms with E-state index >= 15 is 0 Å². The second kappa shape index (κ2) is 5.35. The normalized spacial score (nSPS) is 12.8. The van der Waals surface area contributed by atoms with Crippen LogP contribution in [-0.4, -0.2) is 35.6 Å². The first-order valence-corrected chi connectivity index (χ1v) is 7.66. The third kappa shape index (κ3) is 2.40. The quantitative estimate of drug-likeness (QED) is 0.605. The molecular formula is C16H17N7. The number of nitrogens with one attached hydrogen (secondary N) is 2. The van der Waals surface area contributed by atoms with Crippen molar-refractivity contribution < 1.29 is 0 Å². The summed E-state index contributed by atoms with van der Waals surface area (Å²) in [6.07, 6.45) is 8.41. The minimum atomic E-state index is 0.341. The van der Waals surface area contributed by atoms with Gasteiger partial charge in [-0.05, 0) is 19.4 Å².